The number of hydrogen-bond acceptors (Lipinski definition) is 3. The van der Waals surface area contributed by atoms with Crippen LogP contribution in [0.1, 0.15) is 19.3 Å². The number of nitrogens with two attached hydrogens (primary N) is 1. The first kappa shape index (κ1) is 12.9. The average Bonchev–Trinajstić information content (AvgIpc) is 2.37. The van der Waals surface area contributed by atoms with Gasteiger partial charge in [-0.25, -0.2) is 10.8 Å². The Kier molecular flexibility index (Phi) is 4.17. The molecule has 0 aromatic heterocycles. The highest BCUT2D eigenvalue weighted by Gasteiger charge is 2.36. The van der Waals surface area contributed by atoms with Crippen LogP contribution in [0.25, 0.3) is 0 Å². The van der Waals surface area contributed by atoms with Crippen molar-refractivity contribution in [1.29, 1.82) is 0 Å². The molecule has 0 aliphatic heterocycles. The third-order valence-electron chi connectivity index (χ3n) is 3.40. The number of ether oxygens (including phenoxy) is 1. The molecule has 1 aromatic rings. The zero-order valence-electron chi connectivity index (χ0n) is 10.6. The molecule has 0 heterocycles. The van der Waals surface area contributed by atoms with Gasteiger partial charge in [0.25, 0.3) is 0 Å². The van der Waals surface area contributed by atoms with Crippen LogP contribution in [0.4, 0.5) is 5.69 Å². The number of guanidine groups is 1. The molecule has 5 heteroatoms. The van der Waals surface area contributed by atoms with Crippen LogP contribution in [0.3, 0.4) is 0 Å². The van der Waals surface area contributed by atoms with E-state index in [9.17, 15) is 0 Å². The van der Waals surface area contributed by atoms with Gasteiger partial charge in [-0.05, 0) is 31.4 Å². The van der Waals surface area contributed by atoms with Crippen molar-refractivity contribution in [2.75, 3.05) is 19.0 Å². The Morgan fingerprint density at radius 1 is 1.39 bits per heavy atom. The van der Waals surface area contributed by atoms with Crippen molar-refractivity contribution in [3.63, 3.8) is 0 Å². The molecule has 0 bridgehead atoms. The van der Waals surface area contributed by atoms with E-state index in [4.69, 9.17) is 10.6 Å². The number of benzene rings is 1. The van der Waals surface area contributed by atoms with Crippen molar-refractivity contribution in [2.45, 2.75) is 24.9 Å². The van der Waals surface area contributed by atoms with Gasteiger partial charge in [0.1, 0.15) is 0 Å². The van der Waals surface area contributed by atoms with Gasteiger partial charge in [0, 0.05) is 12.8 Å². The van der Waals surface area contributed by atoms with Crippen molar-refractivity contribution in [3.05, 3.63) is 30.3 Å². The maximum atomic E-state index is 5.52. The molecule has 1 aliphatic carbocycles. The van der Waals surface area contributed by atoms with E-state index in [1.54, 1.807) is 7.11 Å². The molecule has 0 atom stereocenters. The van der Waals surface area contributed by atoms with Gasteiger partial charge in [0.05, 0.1) is 12.1 Å². The maximum Gasteiger partial charge on any atom is 0.210 e. The van der Waals surface area contributed by atoms with E-state index in [0.29, 0.717) is 12.5 Å². The second-order valence-electron chi connectivity index (χ2n) is 4.54. The third kappa shape index (κ3) is 3.00. The first-order valence-corrected chi connectivity index (χ1v) is 6.16. The number of nitrogens with zero attached hydrogens (tertiary/aromatic N) is 1. The van der Waals surface area contributed by atoms with Gasteiger partial charge < -0.3 is 10.1 Å². The van der Waals surface area contributed by atoms with Gasteiger partial charge in [0.15, 0.2) is 0 Å². The molecule has 0 radical (unpaired) electrons. The minimum absolute atomic E-state index is 0.0829. The number of hydrazine groups is 1. The van der Waals surface area contributed by atoms with Crippen molar-refractivity contribution in [1.82, 2.24) is 5.43 Å². The molecule has 18 heavy (non-hydrogen) atoms. The molecule has 98 valence electrons. The van der Waals surface area contributed by atoms with E-state index in [1.165, 1.54) is 6.42 Å². The Morgan fingerprint density at radius 2 is 2.11 bits per heavy atom. The van der Waals surface area contributed by atoms with Crippen LogP contribution in [0, 0.1) is 0 Å². The predicted octanol–water partition coefficient (Wildman–Crippen LogP) is 1.49. The molecule has 1 saturated carbocycles. The number of hydrogen-bond donors (Lipinski definition) is 3. The fourth-order valence-corrected chi connectivity index (χ4v) is 2.00. The summed E-state index contributed by atoms with van der Waals surface area (Å²) in [5.41, 5.74) is 3.45. The lowest BCUT2D eigenvalue weighted by atomic mass is 9.80. The molecule has 4 N–H and O–H groups in total. The highest BCUT2D eigenvalue weighted by atomic mass is 16.5. The number of anilines is 1. The van der Waals surface area contributed by atoms with Crippen molar-refractivity contribution >= 4 is 11.6 Å². The van der Waals surface area contributed by atoms with Crippen LogP contribution in [0.15, 0.2) is 35.3 Å². The summed E-state index contributed by atoms with van der Waals surface area (Å²) in [6.07, 6.45) is 3.34. The fraction of sp³-hybridized carbons (Fsp3) is 0.462. The lowest BCUT2D eigenvalue weighted by molar-refractivity contribution is -0.0629. The van der Waals surface area contributed by atoms with Crippen LogP contribution in [0.2, 0.25) is 0 Å². The Bertz CT molecular complexity index is 395. The summed E-state index contributed by atoms with van der Waals surface area (Å²) in [4.78, 5) is 4.45. The average molecular weight is 248 g/mol. The van der Waals surface area contributed by atoms with Gasteiger partial charge in [0.2, 0.25) is 5.96 Å². The normalized spacial score (nSPS) is 18.0. The second kappa shape index (κ2) is 5.84. The molecule has 5 nitrogen and oxygen atoms in total. The largest absolute Gasteiger partial charge is 0.376 e. The monoisotopic (exact) mass is 248 g/mol. The Morgan fingerprint density at radius 3 is 2.61 bits per heavy atom. The minimum Gasteiger partial charge on any atom is -0.376 e. The van der Waals surface area contributed by atoms with Crippen LogP contribution in [0.5, 0.6) is 0 Å². The summed E-state index contributed by atoms with van der Waals surface area (Å²) < 4.78 is 5.52. The molecule has 0 saturated heterocycles. The summed E-state index contributed by atoms with van der Waals surface area (Å²) in [6, 6.07) is 9.80. The van der Waals surface area contributed by atoms with E-state index in [0.717, 1.165) is 18.5 Å². The molecule has 0 spiro atoms. The van der Waals surface area contributed by atoms with Crippen LogP contribution in [-0.2, 0) is 4.74 Å². The minimum atomic E-state index is -0.0829. The number of aliphatic imine (C=N–C) groups is 1. The van der Waals surface area contributed by atoms with Gasteiger partial charge in [-0.15, -0.1) is 0 Å². The molecule has 1 fully saturated rings. The fourth-order valence-electron chi connectivity index (χ4n) is 2.00. The molecule has 1 aromatic carbocycles. The molecule has 0 amide bonds. The predicted molar refractivity (Wildman–Crippen MR) is 73.3 cm³/mol. The van der Waals surface area contributed by atoms with E-state index in [1.807, 2.05) is 30.3 Å². The number of para-hydroxylation sites is 1. The first-order valence-electron chi connectivity index (χ1n) is 6.16. The van der Waals surface area contributed by atoms with Gasteiger partial charge in [-0.1, -0.05) is 18.2 Å². The summed E-state index contributed by atoms with van der Waals surface area (Å²) >= 11 is 0. The van der Waals surface area contributed by atoms with Crippen LogP contribution >= 0.6 is 0 Å². The topological polar surface area (TPSA) is 71.7 Å². The highest BCUT2D eigenvalue weighted by molar-refractivity contribution is 5.93. The van der Waals surface area contributed by atoms with Crippen molar-refractivity contribution in [2.24, 2.45) is 10.8 Å². The summed E-state index contributed by atoms with van der Waals surface area (Å²) in [6.45, 7) is 0.628. The number of methoxy groups -OCH3 is 1. The lowest BCUT2D eigenvalue weighted by Gasteiger charge is -2.39. The Labute approximate surface area is 107 Å². The van der Waals surface area contributed by atoms with Crippen LogP contribution in [-0.4, -0.2) is 25.2 Å². The molecule has 0 unspecified atom stereocenters. The van der Waals surface area contributed by atoms with Gasteiger partial charge in [-0.3, -0.25) is 5.43 Å². The SMILES string of the molecule is COC1(CN=C(NN)Nc2ccccc2)CCC1. The molecule has 1 aliphatic rings. The van der Waals surface area contributed by atoms with Crippen LogP contribution < -0.4 is 16.6 Å². The Hall–Kier alpha value is -1.59. The van der Waals surface area contributed by atoms with Crippen molar-refractivity contribution < 1.29 is 4.74 Å². The van der Waals surface area contributed by atoms with Gasteiger partial charge in [-0.2, -0.15) is 0 Å². The van der Waals surface area contributed by atoms with E-state index >= 15 is 0 Å². The second-order valence-corrected chi connectivity index (χ2v) is 4.54. The molecular formula is C13H20N4O. The van der Waals surface area contributed by atoms with Crippen molar-refractivity contribution in [3.8, 4) is 0 Å². The van der Waals surface area contributed by atoms with Gasteiger partial charge >= 0.3 is 0 Å². The zero-order chi connectivity index (χ0) is 12.8. The molecule has 2 rings (SSSR count). The quantitative estimate of drug-likeness (QED) is 0.327. The lowest BCUT2D eigenvalue weighted by Crippen LogP contribution is -2.44. The summed E-state index contributed by atoms with van der Waals surface area (Å²) in [5.74, 6) is 6.03. The highest BCUT2D eigenvalue weighted by Crippen LogP contribution is 2.35. The maximum absolute atomic E-state index is 5.52. The van der Waals surface area contributed by atoms with E-state index < -0.39 is 0 Å². The summed E-state index contributed by atoms with van der Waals surface area (Å²) in [7, 11) is 1.74. The molecular weight excluding hydrogens is 228 g/mol. The third-order valence-corrected chi connectivity index (χ3v) is 3.40. The Balaban J connectivity index is 1.96. The van der Waals surface area contributed by atoms with E-state index in [-0.39, 0.29) is 5.60 Å². The first-order chi connectivity index (χ1) is 8.78. The number of nitrogens with one attached hydrogen (secondary N) is 2. The standard InChI is InChI=1S/C13H20N4O/c1-18-13(8-5-9-13)10-15-12(17-14)16-11-6-3-2-4-7-11/h2-4,6-7H,5,8-10,14H2,1H3,(H2,15,16,17). The number of rotatable bonds is 4. The smallest absolute Gasteiger partial charge is 0.210 e. The summed E-state index contributed by atoms with van der Waals surface area (Å²) in [5, 5.41) is 3.13. The zero-order valence-corrected chi connectivity index (χ0v) is 10.6. The van der Waals surface area contributed by atoms with E-state index in [2.05, 4.69) is 15.7 Å².